The largest absolute Gasteiger partial charge is 0.496 e. The van der Waals surface area contributed by atoms with E-state index in [0.717, 1.165) is 10.0 Å². The molecule has 1 aromatic heterocycles. The summed E-state index contributed by atoms with van der Waals surface area (Å²) in [5, 5.41) is 3.11. The summed E-state index contributed by atoms with van der Waals surface area (Å²) in [6.45, 7) is 0. The molecule has 0 aliphatic rings. The van der Waals surface area contributed by atoms with Gasteiger partial charge in [-0.05, 0) is 25.2 Å². The second-order valence-corrected chi connectivity index (χ2v) is 4.92. The predicted octanol–water partition coefficient (Wildman–Crippen LogP) is 3.30. The first kappa shape index (κ1) is 14.0. The van der Waals surface area contributed by atoms with Gasteiger partial charge in [0.15, 0.2) is 0 Å². The van der Waals surface area contributed by atoms with Crippen molar-refractivity contribution in [3.63, 3.8) is 0 Å². The van der Waals surface area contributed by atoms with E-state index in [1.54, 1.807) is 26.4 Å². The van der Waals surface area contributed by atoms with E-state index in [1.165, 1.54) is 6.20 Å². The van der Waals surface area contributed by atoms with E-state index in [0.29, 0.717) is 11.3 Å². The van der Waals surface area contributed by atoms with Crippen molar-refractivity contribution < 1.29 is 9.13 Å². The monoisotopic (exact) mass is 324 g/mol. The molecule has 3 nitrogen and oxygen atoms in total. The molecular formula is C14H14BrFN2O. The van der Waals surface area contributed by atoms with Crippen molar-refractivity contribution in [2.75, 3.05) is 14.2 Å². The van der Waals surface area contributed by atoms with Crippen LogP contribution in [-0.4, -0.2) is 19.1 Å². The fraction of sp³-hybridized carbons (Fsp3) is 0.214. The van der Waals surface area contributed by atoms with Gasteiger partial charge in [-0.3, -0.25) is 4.98 Å². The fourth-order valence-corrected chi connectivity index (χ4v) is 2.36. The first-order valence-electron chi connectivity index (χ1n) is 5.77. The summed E-state index contributed by atoms with van der Waals surface area (Å²) in [6.07, 6.45) is 2.79. The number of nitrogens with zero attached hydrogens (tertiary/aromatic N) is 1. The number of rotatable bonds is 4. The Balaban J connectivity index is 2.51. The van der Waals surface area contributed by atoms with Crippen molar-refractivity contribution in [1.29, 1.82) is 0 Å². The van der Waals surface area contributed by atoms with Crippen molar-refractivity contribution in [2.24, 2.45) is 0 Å². The van der Waals surface area contributed by atoms with Crippen molar-refractivity contribution in [3.8, 4) is 5.75 Å². The molecule has 0 radical (unpaired) electrons. The normalized spacial score (nSPS) is 12.2. The van der Waals surface area contributed by atoms with E-state index < -0.39 is 0 Å². The lowest BCUT2D eigenvalue weighted by Gasteiger charge is -2.20. The Labute approximate surface area is 119 Å². The van der Waals surface area contributed by atoms with Crippen LogP contribution in [0, 0.1) is 5.82 Å². The molecule has 100 valence electrons. The molecule has 0 fully saturated rings. The van der Waals surface area contributed by atoms with Crippen LogP contribution in [0.4, 0.5) is 4.39 Å². The number of ether oxygens (including phenoxy) is 1. The second-order valence-electron chi connectivity index (χ2n) is 4.01. The molecule has 0 saturated carbocycles. The quantitative estimate of drug-likeness (QED) is 0.937. The molecule has 1 N–H and O–H groups in total. The summed E-state index contributed by atoms with van der Waals surface area (Å²) in [5.41, 5.74) is 1.41. The van der Waals surface area contributed by atoms with Crippen LogP contribution in [0.3, 0.4) is 0 Å². The molecule has 2 rings (SSSR count). The molecule has 0 aliphatic carbocycles. The van der Waals surface area contributed by atoms with Crippen molar-refractivity contribution in [1.82, 2.24) is 10.3 Å². The summed E-state index contributed by atoms with van der Waals surface area (Å²) >= 11 is 3.39. The third-order valence-corrected chi connectivity index (χ3v) is 3.40. The SMILES string of the molecule is CNC(c1ccncc1F)c1ccc(Br)cc1OC. The Morgan fingerprint density at radius 3 is 2.74 bits per heavy atom. The Bertz CT molecular complexity index is 577. The van der Waals surface area contributed by atoms with E-state index in [-0.39, 0.29) is 11.9 Å². The second kappa shape index (κ2) is 6.12. The van der Waals surface area contributed by atoms with E-state index in [2.05, 4.69) is 26.2 Å². The van der Waals surface area contributed by atoms with Crippen LogP contribution in [0.5, 0.6) is 5.75 Å². The first-order valence-corrected chi connectivity index (χ1v) is 6.56. The highest BCUT2D eigenvalue weighted by molar-refractivity contribution is 9.10. The molecule has 0 aliphatic heterocycles. The summed E-state index contributed by atoms with van der Waals surface area (Å²) < 4.78 is 20.2. The average molecular weight is 325 g/mol. The third-order valence-electron chi connectivity index (χ3n) is 2.91. The maximum absolute atomic E-state index is 13.9. The lowest BCUT2D eigenvalue weighted by molar-refractivity contribution is 0.404. The molecule has 0 amide bonds. The van der Waals surface area contributed by atoms with Gasteiger partial charge in [0.1, 0.15) is 11.6 Å². The third kappa shape index (κ3) is 2.93. The smallest absolute Gasteiger partial charge is 0.146 e. The highest BCUT2D eigenvalue weighted by atomic mass is 79.9. The van der Waals surface area contributed by atoms with Gasteiger partial charge >= 0.3 is 0 Å². The summed E-state index contributed by atoms with van der Waals surface area (Å²) in [4.78, 5) is 3.77. The van der Waals surface area contributed by atoms with Crippen LogP contribution in [0.25, 0.3) is 0 Å². The molecule has 0 saturated heterocycles. The average Bonchev–Trinajstić information content (AvgIpc) is 2.43. The number of methoxy groups -OCH3 is 1. The minimum absolute atomic E-state index is 0.286. The van der Waals surface area contributed by atoms with Crippen LogP contribution in [0.2, 0.25) is 0 Å². The number of pyridine rings is 1. The maximum atomic E-state index is 13.9. The highest BCUT2D eigenvalue weighted by Gasteiger charge is 2.19. The van der Waals surface area contributed by atoms with Crippen LogP contribution >= 0.6 is 15.9 Å². The number of aromatic nitrogens is 1. The molecule has 0 spiro atoms. The van der Waals surface area contributed by atoms with Crippen molar-refractivity contribution in [3.05, 3.63) is 58.1 Å². The van der Waals surface area contributed by atoms with E-state index in [9.17, 15) is 4.39 Å². The molecule has 2 aromatic rings. The van der Waals surface area contributed by atoms with Crippen LogP contribution in [0.15, 0.2) is 41.1 Å². The zero-order valence-electron chi connectivity index (χ0n) is 10.7. The van der Waals surface area contributed by atoms with Gasteiger partial charge in [0.05, 0.1) is 19.3 Å². The van der Waals surface area contributed by atoms with Gasteiger partial charge in [-0.25, -0.2) is 4.39 Å². The predicted molar refractivity (Wildman–Crippen MR) is 75.8 cm³/mol. The van der Waals surface area contributed by atoms with E-state index >= 15 is 0 Å². The van der Waals surface area contributed by atoms with Gasteiger partial charge in [-0.2, -0.15) is 0 Å². The highest BCUT2D eigenvalue weighted by Crippen LogP contribution is 2.32. The van der Waals surface area contributed by atoms with Crippen LogP contribution in [-0.2, 0) is 0 Å². The Hall–Kier alpha value is -1.46. The van der Waals surface area contributed by atoms with Gasteiger partial charge in [0, 0.05) is 21.8 Å². The van der Waals surface area contributed by atoms with Crippen LogP contribution in [0.1, 0.15) is 17.2 Å². The number of benzene rings is 1. The zero-order valence-corrected chi connectivity index (χ0v) is 12.2. The molecule has 5 heteroatoms. The number of hydrogen-bond donors (Lipinski definition) is 1. The Kier molecular flexibility index (Phi) is 4.50. The molecular weight excluding hydrogens is 311 g/mol. The number of halogens is 2. The van der Waals surface area contributed by atoms with Crippen molar-refractivity contribution in [2.45, 2.75) is 6.04 Å². The lowest BCUT2D eigenvalue weighted by atomic mass is 9.98. The standard InChI is InChI=1S/C14H14BrFN2O/c1-17-14(10-5-6-18-8-12(10)16)11-4-3-9(15)7-13(11)19-2/h3-8,14,17H,1-2H3. The molecule has 1 unspecified atom stereocenters. The van der Waals surface area contributed by atoms with E-state index in [1.807, 2.05) is 18.2 Å². The van der Waals surface area contributed by atoms with Gasteiger partial charge in [-0.15, -0.1) is 0 Å². The summed E-state index contributed by atoms with van der Waals surface area (Å²) in [5.74, 6) is 0.358. The summed E-state index contributed by atoms with van der Waals surface area (Å²) in [6, 6.07) is 7.05. The Morgan fingerprint density at radius 1 is 1.32 bits per heavy atom. The van der Waals surface area contributed by atoms with E-state index in [4.69, 9.17) is 4.74 Å². The fourth-order valence-electron chi connectivity index (χ4n) is 2.02. The molecule has 1 atom stereocenters. The van der Waals surface area contributed by atoms with Gasteiger partial charge in [-0.1, -0.05) is 22.0 Å². The van der Waals surface area contributed by atoms with Gasteiger partial charge < -0.3 is 10.1 Å². The lowest BCUT2D eigenvalue weighted by Crippen LogP contribution is -2.19. The number of nitrogens with one attached hydrogen (secondary N) is 1. The van der Waals surface area contributed by atoms with Crippen molar-refractivity contribution >= 4 is 15.9 Å². The maximum Gasteiger partial charge on any atom is 0.146 e. The zero-order chi connectivity index (χ0) is 13.8. The van der Waals surface area contributed by atoms with Gasteiger partial charge in [0.2, 0.25) is 0 Å². The first-order chi connectivity index (χ1) is 9.17. The van der Waals surface area contributed by atoms with Crippen LogP contribution < -0.4 is 10.1 Å². The molecule has 1 aromatic carbocycles. The number of hydrogen-bond acceptors (Lipinski definition) is 3. The minimum atomic E-state index is -0.341. The Morgan fingerprint density at radius 2 is 2.11 bits per heavy atom. The summed E-state index contributed by atoms with van der Waals surface area (Å²) in [7, 11) is 3.38. The molecule has 19 heavy (non-hydrogen) atoms. The molecule has 0 bridgehead atoms. The minimum Gasteiger partial charge on any atom is -0.496 e. The molecule has 1 heterocycles. The van der Waals surface area contributed by atoms with Gasteiger partial charge in [0.25, 0.3) is 0 Å². The topological polar surface area (TPSA) is 34.2 Å².